The highest BCUT2D eigenvalue weighted by molar-refractivity contribution is 5.75. The predicted molar refractivity (Wildman–Crippen MR) is 61.6 cm³/mol. The Bertz CT molecular complexity index is 198. The van der Waals surface area contributed by atoms with Gasteiger partial charge in [-0.25, -0.2) is 0 Å². The third-order valence-corrected chi connectivity index (χ3v) is 0.940. The summed E-state index contributed by atoms with van der Waals surface area (Å²) in [5, 5.41) is 6.50. The summed E-state index contributed by atoms with van der Waals surface area (Å²) >= 11 is 0. The van der Waals surface area contributed by atoms with Crippen molar-refractivity contribution < 1.29 is 0 Å². The third kappa shape index (κ3) is 18.1. The minimum Gasteiger partial charge on any atom is -0.310 e. The minimum absolute atomic E-state index is 0.667. The SMILES string of the molecule is CC.CC(C)=N.Cc1ccccc1. The zero-order chi connectivity index (χ0) is 10.7. The fraction of sp³-hybridized carbons (Fsp3) is 0.417. The van der Waals surface area contributed by atoms with Gasteiger partial charge in [0.2, 0.25) is 0 Å². The van der Waals surface area contributed by atoms with Crippen LogP contribution >= 0.6 is 0 Å². The third-order valence-electron chi connectivity index (χ3n) is 0.940. The first kappa shape index (κ1) is 14.4. The molecule has 74 valence electrons. The Morgan fingerprint density at radius 1 is 1.00 bits per heavy atom. The second-order valence-corrected chi connectivity index (χ2v) is 2.65. The molecule has 0 fully saturated rings. The molecule has 0 unspecified atom stereocenters. The summed E-state index contributed by atoms with van der Waals surface area (Å²) in [6.07, 6.45) is 0. The van der Waals surface area contributed by atoms with E-state index in [9.17, 15) is 0 Å². The molecular formula is C12H21N. The Morgan fingerprint density at radius 2 is 1.31 bits per heavy atom. The minimum atomic E-state index is 0.667. The standard InChI is InChI=1S/C7H8.C3H7N.C2H6/c1-7-5-3-2-4-6-7;1-3(2)4;1-2/h2-6H,1H3;4H,1-2H3;1-2H3. The lowest BCUT2D eigenvalue weighted by Crippen LogP contribution is -1.67. The first-order valence-electron chi connectivity index (χ1n) is 4.66. The van der Waals surface area contributed by atoms with Crippen molar-refractivity contribution in [1.82, 2.24) is 0 Å². The molecule has 0 atom stereocenters. The molecule has 1 rings (SSSR count). The Balaban J connectivity index is 0. The molecule has 1 aromatic rings. The molecule has 0 bridgehead atoms. The van der Waals surface area contributed by atoms with E-state index in [2.05, 4.69) is 19.1 Å². The molecule has 0 aromatic heterocycles. The Hall–Kier alpha value is -1.11. The molecule has 0 heterocycles. The topological polar surface area (TPSA) is 23.9 Å². The summed E-state index contributed by atoms with van der Waals surface area (Å²) in [5.74, 6) is 0. The number of rotatable bonds is 0. The number of hydrogen-bond donors (Lipinski definition) is 1. The van der Waals surface area contributed by atoms with Crippen LogP contribution in [-0.4, -0.2) is 5.71 Å². The van der Waals surface area contributed by atoms with Crippen molar-refractivity contribution in [3.63, 3.8) is 0 Å². The van der Waals surface area contributed by atoms with E-state index in [1.54, 1.807) is 13.8 Å². The molecule has 0 saturated carbocycles. The summed E-state index contributed by atoms with van der Waals surface area (Å²) in [5.41, 5.74) is 1.99. The van der Waals surface area contributed by atoms with Crippen LogP contribution in [0.1, 0.15) is 33.3 Å². The molecule has 0 amide bonds. The lowest BCUT2D eigenvalue weighted by atomic mass is 10.2. The molecule has 0 aliphatic rings. The summed E-state index contributed by atoms with van der Waals surface area (Å²) in [6, 6.07) is 10.3. The Morgan fingerprint density at radius 3 is 1.46 bits per heavy atom. The predicted octanol–water partition coefficient (Wildman–Crippen LogP) is 4.07. The van der Waals surface area contributed by atoms with Gasteiger partial charge in [-0.05, 0) is 20.8 Å². The first-order chi connectivity index (χ1) is 6.13. The van der Waals surface area contributed by atoms with Gasteiger partial charge in [-0.2, -0.15) is 0 Å². The van der Waals surface area contributed by atoms with Crippen LogP contribution in [0.25, 0.3) is 0 Å². The maximum absolute atomic E-state index is 6.50. The van der Waals surface area contributed by atoms with Gasteiger partial charge in [0.05, 0.1) is 0 Å². The Labute approximate surface area is 82.3 Å². The number of benzene rings is 1. The van der Waals surface area contributed by atoms with E-state index in [0.717, 1.165) is 0 Å². The highest BCUT2D eigenvalue weighted by Crippen LogP contribution is 1.92. The van der Waals surface area contributed by atoms with Crippen LogP contribution in [0.2, 0.25) is 0 Å². The van der Waals surface area contributed by atoms with E-state index in [1.165, 1.54) is 5.56 Å². The van der Waals surface area contributed by atoms with Gasteiger partial charge in [-0.3, -0.25) is 0 Å². The van der Waals surface area contributed by atoms with Crippen LogP contribution in [0.5, 0.6) is 0 Å². The van der Waals surface area contributed by atoms with Crippen LogP contribution in [-0.2, 0) is 0 Å². The van der Waals surface area contributed by atoms with Crippen LogP contribution in [0, 0.1) is 12.3 Å². The van der Waals surface area contributed by atoms with E-state index in [1.807, 2.05) is 32.0 Å². The van der Waals surface area contributed by atoms with Crippen molar-refractivity contribution in [2.45, 2.75) is 34.6 Å². The van der Waals surface area contributed by atoms with Crippen molar-refractivity contribution in [2.75, 3.05) is 0 Å². The lowest BCUT2D eigenvalue weighted by molar-refractivity contribution is 1.45. The average Bonchev–Trinajstić information content (AvgIpc) is 2.08. The second kappa shape index (κ2) is 10.9. The molecule has 0 aliphatic heterocycles. The summed E-state index contributed by atoms with van der Waals surface area (Å²) < 4.78 is 0. The molecule has 0 saturated heterocycles. The van der Waals surface area contributed by atoms with Crippen LogP contribution in [0.4, 0.5) is 0 Å². The molecule has 13 heavy (non-hydrogen) atoms. The zero-order valence-electron chi connectivity index (χ0n) is 9.39. The van der Waals surface area contributed by atoms with Crippen LogP contribution in [0.3, 0.4) is 0 Å². The number of nitrogens with one attached hydrogen (secondary N) is 1. The van der Waals surface area contributed by atoms with Crippen molar-refractivity contribution in [2.24, 2.45) is 0 Å². The van der Waals surface area contributed by atoms with Crippen LogP contribution < -0.4 is 0 Å². The molecule has 0 radical (unpaired) electrons. The van der Waals surface area contributed by atoms with E-state index in [-0.39, 0.29) is 0 Å². The molecule has 1 heteroatoms. The highest BCUT2D eigenvalue weighted by Gasteiger charge is 1.72. The van der Waals surface area contributed by atoms with E-state index in [0.29, 0.717) is 5.71 Å². The van der Waals surface area contributed by atoms with Gasteiger partial charge in [0.15, 0.2) is 0 Å². The van der Waals surface area contributed by atoms with Gasteiger partial charge >= 0.3 is 0 Å². The summed E-state index contributed by atoms with van der Waals surface area (Å²) in [6.45, 7) is 9.58. The molecular weight excluding hydrogens is 158 g/mol. The van der Waals surface area contributed by atoms with Crippen LogP contribution in [0.15, 0.2) is 30.3 Å². The average molecular weight is 179 g/mol. The highest BCUT2D eigenvalue weighted by atomic mass is 14.3. The second-order valence-electron chi connectivity index (χ2n) is 2.65. The monoisotopic (exact) mass is 179 g/mol. The molecule has 1 aromatic carbocycles. The van der Waals surface area contributed by atoms with Gasteiger partial charge in [-0.1, -0.05) is 49.7 Å². The summed E-state index contributed by atoms with van der Waals surface area (Å²) in [7, 11) is 0. The van der Waals surface area contributed by atoms with Crippen molar-refractivity contribution in [3.05, 3.63) is 35.9 Å². The zero-order valence-corrected chi connectivity index (χ0v) is 9.39. The fourth-order valence-electron chi connectivity index (χ4n) is 0.534. The van der Waals surface area contributed by atoms with E-state index in [4.69, 9.17) is 5.41 Å². The quantitative estimate of drug-likeness (QED) is 0.581. The van der Waals surface area contributed by atoms with E-state index < -0.39 is 0 Å². The van der Waals surface area contributed by atoms with Crippen molar-refractivity contribution in [1.29, 1.82) is 5.41 Å². The van der Waals surface area contributed by atoms with E-state index >= 15 is 0 Å². The van der Waals surface area contributed by atoms with Gasteiger partial charge < -0.3 is 5.41 Å². The molecule has 0 spiro atoms. The van der Waals surface area contributed by atoms with Gasteiger partial charge in [-0.15, -0.1) is 0 Å². The fourth-order valence-corrected chi connectivity index (χ4v) is 0.534. The largest absolute Gasteiger partial charge is 0.310 e. The molecule has 1 nitrogen and oxygen atoms in total. The summed E-state index contributed by atoms with van der Waals surface area (Å²) in [4.78, 5) is 0. The number of hydrogen-bond acceptors (Lipinski definition) is 1. The smallest absolute Gasteiger partial charge is 0.00272 e. The maximum atomic E-state index is 6.50. The maximum Gasteiger partial charge on any atom is 0.00272 e. The normalized spacial score (nSPS) is 7.15. The number of aryl methyl sites for hydroxylation is 1. The van der Waals surface area contributed by atoms with Gasteiger partial charge in [0, 0.05) is 5.71 Å². The van der Waals surface area contributed by atoms with Crippen molar-refractivity contribution >= 4 is 5.71 Å². The van der Waals surface area contributed by atoms with Crippen molar-refractivity contribution in [3.8, 4) is 0 Å². The lowest BCUT2D eigenvalue weighted by Gasteiger charge is -1.82. The molecule has 1 N–H and O–H groups in total. The Kier molecular flexibility index (Phi) is 12.1. The van der Waals surface area contributed by atoms with Gasteiger partial charge in [0.25, 0.3) is 0 Å². The molecule has 0 aliphatic carbocycles. The first-order valence-corrected chi connectivity index (χ1v) is 4.66. The van der Waals surface area contributed by atoms with Gasteiger partial charge in [0.1, 0.15) is 0 Å².